The number of benzene rings is 2. The van der Waals surface area contributed by atoms with Crippen molar-refractivity contribution in [3.05, 3.63) is 60.0 Å². The van der Waals surface area contributed by atoms with Crippen LogP contribution < -0.4 is 9.47 Å². The van der Waals surface area contributed by atoms with Gasteiger partial charge in [0, 0.05) is 11.1 Å². The zero-order valence-electron chi connectivity index (χ0n) is 13.1. The molecule has 3 aromatic rings. The van der Waals surface area contributed by atoms with Gasteiger partial charge in [-0.1, -0.05) is 18.2 Å². The molecule has 0 saturated heterocycles. The number of hydrogen-bond donors (Lipinski definition) is 1. The number of ketones is 1. The molecule has 0 fully saturated rings. The van der Waals surface area contributed by atoms with E-state index in [1.165, 1.54) is 32.6 Å². The van der Waals surface area contributed by atoms with Gasteiger partial charge in [-0.25, -0.2) is 4.98 Å². The van der Waals surface area contributed by atoms with Gasteiger partial charge in [-0.15, -0.1) is 0 Å². The lowest BCUT2D eigenvalue weighted by Gasteiger charge is -2.10. The Labute approximate surface area is 138 Å². The molecule has 0 aliphatic rings. The molecule has 0 amide bonds. The Morgan fingerprint density at radius 1 is 1.12 bits per heavy atom. The molecule has 6 nitrogen and oxygen atoms in total. The number of aromatic nitrogens is 1. The summed E-state index contributed by atoms with van der Waals surface area (Å²) in [6.07, 6.45) is 1.29. The van der Waals surface area contributed by atoms with Crippen molar-refractivity contribution in [2.45, 2.75) is 0 Å². The molecule has 0 radical (unpaired) electrons. The van der Waals surface area contributed by atoms with E-state index in [1.54, 1.807) is 0 Å². The van der Waals surface area contributed by atoms with E-state index in [2.05, 4.69) is 4.98 Å². The first-order chi connectivity index (χ1) is 11.6. The number of carbonyl (C=O) groups excluding carboxylic acids is 1. The summed E-state index contributed by atoms with van der Waals surface area (Å²) in [5.74, 6) is 0.194. The van der Waals surface area contributed by atoms with E-state index >= 15 is 0 Å². The van der Waals surface area contributed by atoms with Gasteiger partial charge in [0.2, 0.25) is 17.4 Å². The first-order valence-electron chi connectivity index (χ1n) is 7.14. The number of hydrogen-bond acceptors (Lipinski definition) is 6. The first-order valence-corrected chi connectivity index (χ1v) is 7.14. The summed E-state index contributed by atoms with van der Waals surface area (Å²) < 4.78 is 15.6. The van der Waals surface area contributed by atoms with E-state index in [-0.39, 0.29) is 28.5 Å². The fourth-order valence-corrected chi connectivity index (χ4v) is 2.31. The lowest BCUT2D eigenvalue weighted by molar-refractivity contribution is 0.103. The Hall–Kier alpha value is -3.28. The highest BCUT2D eigenvalue weighted by Crippen LogP contribution is 2.37. The van der Waals surface area contributed by atoms with Gasteiger partial charge < -0.3 is 19.0 Å². The van der Waals surface area contributed by atoms with Gasteiger partial charge in [-0.3, -0.25) is 4.79 Å². The Kier molecular flexibility index (Phi) is 4.20. The lowest BCUT2D eigenvalue weighted by Crippen LogP contribution is -2.03. The van der Waals surface area contributed by atoms with Crippen LogP contribution in [0.15, 0.2) is 53.1 Å². The number of methoxy groups -OCH3 is 2. The van der Waals surface area contributed by atoms with Gasteiger partial charge >= 0.3 is 0 Å². The van der Waals surface area contributed by atoms with Crippen LogP contribution in [-0.4, -0.2) is 30.1 Å². The lowest BCUT2D eigenvalue weighted by atomic mass is 10.1. The molecule has 2 aromatic carbocycles. The topological polar surface area (TPSA) is 81.8 Å². The third-order valence-electron chi connectivity index (χ3n) is 3.48. The second-order valence-electron chi connectivity index (χ2n) is 4.96. The minimum absolute atomic E-state index is 0.139. The molecule has 1 heterocycles. The minimum Gasteiger partial charge on any atom is -0.504 e. The molecule has 0 spiro atoms. The van der Waals surface area contributed by atoms with E-state index in [0.717, 1.165) is 5.56 Å². The predicted molar refractivity (Wildman–Crippen MR) is 86.6 cm³/mol. The number of nitrogens with zero attached hydrogens (tertiary/aromatic N) is 1. The highest BCUT2D eigenvalue weighted by atomic mass is 16.5. The van der Waals surface area contributed by atoms with Gasteiger partial charge in [0.05, 0.1) is 14.2 Å². The van der Waals surface area contributed by atoms with Crippen molar-refractivity contribution >= 4 is 5.78 Å². The predicted octanol–water partition coefficient (Wildman–Crippen LogP) is 3.30. The van der Waals surface area contributed by atoms with Gasteiger partial charge in [-0.05, 0) is 24.3 Å². The molecule has 3 rings (SSSR count). The molecule has 0 aliphatic heterocycles. The van der Waals surface area contributed by atoms with E-state index in [0.29, 0.717) is 5.89 Å². The number of ether oxygens (including phenoxy) is 2. The highest BCUT2D eigenvalue weighted by molar-refractivity contribution is 6.08. The molecular formula is C18H15NO5. The number of rotatable bonds is 5. The fraction of sp³-hybridized carbons (Fsp3) is 0.111. The zero-order valence-corrected chi connectivity index (χ0v) is 13.1. The maximum atomic E-state index is 12.6. The van der Waals surface area contributed by atoms with Crippen LogP contribution in [0.4, 0.5) is 0 Å². The normalized spacial score (nSPS) is 10.4. The Morgan fingerprint density at radius 3 is 2.54 bits per heavy atom. The highest BCUT2D eigenvalue weighted by Gasteiger charge is 2.20. The summed E-state index contributed by atoms with van der Waals surface area (Å²) in [6.45, 7) is 0. The molecule has 6 heteroatoms. The van der Waals surface area contributed by atoms with Crippen LogP contribution in [0.5, 0.6) is 17.2 Å². The van der Waals surface area contributed by atoms with Crippen LogP contribution in [0.1, 0.15) is 16.1 Å². The van der Waals surface area contributed by atoms with Crippen molar-refractivity contribution in [2.75, 3.05) is 14.2 Å². The number of phenols is 1. The van der Waals surface area contributed by atoms with Crippen LogP contribution in [0.25, 0.3) is 11.5 Å². The number of carbonyl (C=O) groups is 1. The van der Waals surface area contributed by atoms with Crippen LogP contribution in [0.3, 0.4) is 0 Å². The average Bonchev–Trinajstić information content (AvgIpc) is 3.11. The smallest absolute Gasteiger partial charge is 0.226 e. The third-order valence-corrected chi connectivity index (χ3v) is 3.48. The van der Waals surface area contributed by atoms with Crippen molar-refractivity contribution in [2.24, 2.45) is 0 Å². The molecule has 0 bridgehead atoms. The Bertz CT molecular complexity index is 870. The summed E-state index contributed by atoms with van der Waals surface area (Å²) in [7, 11) is 2.83. The Balaban J connectivity index is 1.95. The third kappa shape index (κ3) is 2.81. The summed E-state index contributed by atoms with van der Waals surface area (Å²) >= 11 is 0. The van der Waals surface area contributed by atoms with Crippen LogP contribution in [0, 0.1) is 0 Å². The summed E-state index contributed by atoms with van der Waals surface area (Å²) in [5, 5.41) is 9.98. The zero-order chi connectivity index (χ0) is 17.1. The SMILES string of the molecule is COc1cc(C(=O)c2coc(-c3ccccc3)n2)cc(O)c1OC. The van der Waals surface area contributed by atoms with Crippen molar-refractivity contribution < 1.29 is 23.8 Å². The molecule has 0 unspecified atom stereocenters. The van der Waals surface area contributed by atoms with Gasteiger partial charge in [0.1, 0.15) is 6.26 Å². The number of oxazole rings is 1. The van der Waals surface area contributed by atoms with Gasteiger partial charge in [0.25, 0.3) is 0 Å². The number of aromatic hydroxyl groups is 1. The molecule has 0 saturated carbocycles. The molecule has 122 valence electrons. The van der Waals surface area contributed by atoms with Crippen molar-refractivity contribution in [1.82, 2.24) is 4.98 Å². The molecule has 1 aromatic heterocycles. The second kappa shape index (κ2) is 6.45. The Morgan fingerprint density at radius 2 is 1.88 bits per heavy atom. The molecular weight excluding hydrogens is 310 g/mol. The molecule has 0 atom stereocenters. The maximum Gasteiger partial charge on any atom is 0.226 e. The van der Waals surface area contributed by atoms with Crippen molar-refractivity contribution in [1.29, 1.82) is 0 Å². The van der Waals surface area contributed by atoms with E-state index in [9.17, 15) is 9.90 Å². The van der Waals surface area contributed by atoms with Crippen LogP contribution in [0.2, 0.25) is 0 Å². The average molecular weight is 325 g/mol. The summed E-state index contributed by atoms with van der Waals surface area (Å²) in [6, 6.07) is 12.1. The fourth-order valence-electron chi connectivity index (χ4n) is 2.31. The minimum atomic E-state index is -0.391. The van der Waals surface area contributed by atoms with Crippen LogP contribution in [-0.2, 0) is 0 Å². The van der Waals surface area contributed by atoms with E-state index in [4.69, 9.17) is 13.9 Å². The quantitative estimate of drug-likeness (QED) is 0.725. The molecule has 0 aliphatic carbocycles. The van der Waals surface area contributed by atoms with Gasteiger partial charge in [0.15, 0.2) is 17.2 Å². The largest absolute Gasteiger partial charge is 0.504 e. The van der Waals surface area contributed by atoms with Crippen molar-refractivity contribution in [3.8, 4) is 28.7 Å². The first kappa shape index (κ1) is 15.6. The van der Waals surface area contributed by atoms with Gasteiger partial charge in [-0.2, -0.15) is 0 Å². The van der Waals surface area contributed by atoms with Crippen molar-refractivity contribution in [3.63, 3.8) is 0 Å². The molecule has 1 N–H and O–H groups in total. The monoisotopic (exact) mass is 325 g/mol. The van der Waals surface area contributed by atoms with Crippen LogP contribution >= 0.6 is 0 Å². The molecule has 24 heavy (non-hydrogen) atoms. The summed E-state index contributed by atoms with van der Waals surface area (Å²) in [5.41, 5.74) is 1.13. The second-order valence-corrected chi connectivity index (χ2v) is 4.96. The van der Waals surface area contributed by atoms with E-state index in [1.807, 2.05) is 30.3 Å². The summed E-state index contributed by atoms with van der Waals surface area (Å²) in [4.78, 5) is 16.8. The standard InChI is InChI=1S/C18H15NO5/c1-22-15-9-12(8-14(20)17(15)23-2)16(21)13-10-24-18(19-13)11-6-4-3-5-7-11/h3-10,20H,1-2H3. The maximum absolute atomic E-state index is 12.6. The number of phenolic OH excluding ortho intramolecular Hbond substituents is 1. The van der Waals surface area contributed by atoms with E-state index < -0.39 is 5.78 Å².